The van der Waals surface area contributed by atoms with Gasteiger partial charge in [0.15, 0.2) is 0 Å². The summed E-state index contributed by atoms with van der Waals surface area (Å²) in [5.74, 6) is -0.199. The fraction of sp³-hybridized carbons (Fsp3) is 0.333. The predicted molar refractivity (Wildman–Crippen MR) is 81.0 cm³/mol. The van der Waals surface area contributed by atoms with Crippen LogP contribution in [-0.2, 0) is 4.79 Å². The third kappa shape index (κ3) is 4.22. The number of nitrogens with zero attached hydrogens (tertiary/aromatic N) is 2. The number of nitrogens with one attached hydrogen (secondary N) is 1. The topological polar surface area (TPSA) is 85.7 Å². The number of aromatic nitrogens is 1. The number of anilines is 1. The monoisotopic (exact) mass is 289 g/mol. The highest BCUT2D eigenvalue weighted by Gasteiger charge is 2.11. The van der Waals surface area contributed by atoms with Crippen LogP contribution in [-0.4, -0.2) is 58.9 Å². The average Bonchev–Trinajstić information content (AvgIpc) is 2.48. The Morgan fingerprint density at radius 2 is 1.86 bits per heavy atom. The van der Waals surface area contributed by atoms with E-state index in [0.717, 1.165) is 10.9 Å². The van der Waals surface area contributed by atoms with Crippen LogP contribution in [0.15, 0.2) is 36.5 Å². The number of amides is 1. The van der Waals surface area contributed by atoms with Crippen LogP contribution in [0.4, 0.5) is 5.69 Å². The molecule has 6 heteroatoms. The Kier molecular flexibility index (Phi) is 5.62. The van der Waals surface area contributed by atoms with Crippen LogP contribution in [0.1, 0.15) is 0 Å². The molecule has 0 fully saturated rings. The second kappa shape index (κ2) is 7.68. The molecule has 0 saturated carbocycles. The van der Waals surface area contributed by atoms with E-state index in [4.69, 9.17) is 10.2 Å². The first-order valence-electron chi connectivity index (χ1n) is 6.82. The molecular weight excluding hydrogens is 270 g/mol. The summed E-state index contributed by atoms with van der Waals surface area (Å²) in [6.45, 7) is 0.708. The van der Waals surface area contributed by atoms with Gasteiger partial charge >= 0.3 is 0 Å². The van der Waals surface area contributed by atoms with E-state index in [1.54, 1.807) is 17.2 Å². The third-order valence-corrected chi connectivity index (χ3v) is 3.11. The van der Waals surface area contributed by atoms with Crippen LogP contribution < -0.4 is 5.32 Å². The van der Waals surface area contributed by atoms with Crippen molar-refractivity contribution in [3.05, 3.63) is 36.5 Å². The number of pyridine rings is 1. The van der Waals surface area contributed by atoms with E-state index in [0.29, 0.717) is 18.8 Å². The standard InChI is InChI=1S/C15H19N3O3/c19-9-7-18(8-10-20)11-14(21)17-13-5-1-3-12-4-2-6-16-15(12)13/h1-6,19-20H,7-11H2,(H,17,21). The number of rotatable bonds is 7. The molecule has 3 N–H and O–H groups in total. The molecule has 0 aliphatic rings. The van der Waals surface area contributed by atoms with Crippen molar-refractivity contribution in [2.75, 3.05) is 38.2 Å². The van der Waals surface area contributed by atoms with Gasteiger partial charge in [0.25, 0.3) is 0 Å². The highest BCUT2D eigenvalue weighted by atomic mass is 16.3. The number of hydrogen-bond acceptors (Lipinski definition) is 5. The number of hydrogen-bond donors (Lipinski definition) is 3. The second-order valence-electron chi connectivity index (χ2n) is 4.65. The molecule has 0 aliphatic carbocycles. The number of carbonyl (C=O) groups is 1. The minimum atomic E-state index is -0.199. The van der Waals surface area contributed by atoms with Crippen LogP contribution in [0.25, 0.3) is 10.9 Å². The van der Waals surface area contributed by atoms with Crippen LogP contribution >= 0.6 is 0 Å². The molecule has 2 rings (SSSR count). The summed E-state index contributed by atoms with van der Waals surface area (Å²) >= 11 is 0. The fourth-order valence-electron chi connectivity index (χ4n) is 2.15. The first-order valence-corrected chi connectivity index (χ1v) is 6.82. The maximum Gasteiger partial charge on any atom is 0.238 e. The first kappa shape index (κ1) is 15.4. The normalized spacial score (nSPS) is 11.0. The van der Waals surface area contributed by atoms with Gasteiger partial charge in [-0.3, -0.25) is 14.7 Å². The lowest BCUT2D eigenvalue weighted by molar-refractivity contribution is -0.117. The van der Waals surface area contributed by atoms with E-state index in [1.165, 1.54) is 0 Å². The minimum absolute atomic E-state index is 0.0525. The van der Waals surface area contributed by atoms with Gasteiger partial charge in [-0.05, 0) is 12.1 Å². The van der Waals surface area contributed by atoms with Crippen molar-refractivity contribution in [2.45, 2.75) is 0 Å². The van der Waals surface area contributed by atoms with Crippen molar-refractivity contribution in [3.63, 3.8) is 0 Å². The van der Waals surface area contributed by atoms with Crippen LogP contribution in [0.2, 0.25) is 0 Å². The number of fused-ring (bicyclic) bond motifs is 1. The molecule has 1 amide bonds. The molecule has 2 aromatic rings. The zero-order chi connectivity index (χ0) is 15.1. The lowest BCUT2D eigenvalue weighted by atomic mass is 10.2. The number of benzene rings is 1. The van der Waals surface area contributed by atoms with E-state index < -0.39 is 0 Å². The molecule has 21 heavy (non-hydrogen) atoms. The van der Waals surface area contributed by atoms with E-state index in [9.17, 15) is 4.79 Å². The molecule has 112 valence electrons. The van der Waals surface area contributed by atoms with Crippen LogP contribution in [0.5, 0.6) is 0 Å². The maximum absolute atomic E-state index is 12.1. The Hall–Kier alpha value is -2.02. The summed E-state index contributed by atoms with van der Waals surface area (Å²) in [4.78, 5) is 18.0. The smallest absolute Gasteiger partial charge is 0.238 e. The Balaban J connectivity index is 2.07. The zero-order valence-electron chi connectivity index (χ0n) is 11.7. The maximum atomic E-state index is 12.1. The highest BCUT2D eigenvalue weighted by molar-refractivity contribution is 6.00. The third-order valence-electron chi connectivity index (χ3n) is 3.11. The van der Waals surface area contributed by atoms with Gasteiger partial charge in [0.1, 0.15) is 0 Å². The average molecular weight is 289 g/mol. The summed E-state index contributed by atoms with van der Waals surface area (Å²) in [7, 11) is 0. The SMILES string of the molecule is O=C(CN(CCO)CCO)Nc1cccc2cccnc12. The molecule has 1 aromatic heterocycles. The number of aliphatic hydroxyl groups excluding tert-OH is 2. The lowest BCUT2D eigenvalue weighted by Gasteiger charge is -2.19. The summed E-state index contributed by atoms with van der Waals surface area (Å²) in [6, 6.07) is 9.37. The van der Waals surface area contributed by atoms with Gasteiger partial charge in [-0.1, -0.05) is 18.2 Å². The summed E-state index contributed by atoms with van der Waals surface area (Å²) in [6.07, 6.45) is 1.68. The molecular formula is C15H19N3O3. The van der Waals surface area contributed by atoms with Gasteiger partial charge in [-0.2, -0.15) is 0 Å². The van der Waals surface area contributed by atoms with Gasteiger partial charge in [-0.15, -0.1) is 0 Å². The molecule has 0 atom stereocenters. The van der Waals surface area contributed by atoms with Crippen molar-refractivity contribution in [2.24, 2.45) is 0 Å². The molecule has 0 saturated heterocycles. The van der Waals surface area contributed by atoms with Crippen molar-refractivity contribution in [3.8, 4) is 0 Å². The summed E-state index contributed by atoms with van der Waals surface area (Å²) in [5, 5.41) is 21.7. The molecule has 1 aromatic carbocycles. The molecule has 0 aliphatic heterocycles. The lowest BCUT2D eigenvalue weighted by Crippen LogP contribution is -2.37. The number of aliphatic hydroxyl groups is 2. The second-order valence-corrected chi connectivity index (χ2v) is 4.65. The molecule has 0 spiro atoms. The van der Waals surface area contributed by atoms with Gasteiger partial charge in [0, 0.05) is 24.7 Å². The molecule has 1 heterocycles. The van der Waals surface area contributed by atoms with E-state index in [2.05, 4.69) is 10.3 Å². The molecule has 0 bridgehead atoms. The molecule has 6 nitrogen and oxygen atoms in total. The minimum Gasteiger partial charge on any atom is -0.395 e. The molecule has 0 unspecified atom stereocenters. The summed E-state index contributed by atoms with van der Waals surface area (Å²) < 4.78 is 0. The van der Waals surface area contributed by atoms with Crippen molar-refractivity contribution < 1.29 is 15.0 Å². The van der Waals surface area contributed by atoms with Crippen molar-refractivity contribution in [1.82, 2.24) is 9.88 Å². The fourth-order valence-corrected chi connectivity index (χ4v) is 2.15. The first-order chi connectivity index (χ1) is 10.2. The van der Waals surface area contributed by atoms with Crippen LogP contribution in [0.3, 0.4) is 0 Å². The van der Waals surface area contributed by atoms with Crippen molar-refractivity contribution >= 4 is 22.5 Å². The van der Waals surface area contributed by atoms with E-state index in [1.807, 2.05) is 24.3 Å². The van der Waals surface area contributed by atoms with E-state index in [-0.39, 0.29) is 25.7 Å². The Morgan fingerprint density at radius 1 is 1.14 bits per heavy atom. The van der Waals surface area contributed by atoms with E-state index >= 15 is 0 Å². The Labute approximate surface area is 123 Å². The Morgan fingerprint density at radius 3 is 2.57 bits per heavy atom. The predicted octanol–water partition coefficient (Wildman–Crippen LogP) is 0.460. The zero-order valence-corrected chi connectivity index (χ0v) is 11.7. The van der Waals surface area contributed by atoms with Gasteiger partial charge in [0.05, 0.1) is 31.0 Å². The number of para-hydroxylation sites is 1. The molecule has 0 radical (unpaired) electrons. The number of carbonyl (C=O) groups excluding carboxylic acids is 1. The van der Waals surface area contributed by atoms with Crippen LogP contribution in [0, 0.1) is 0 Å². The van der Waals surface area contributed by atoms with Gasteiger partial charge < -0.3 is 15.5 Å². The Bertz CT molecular complexity index is 592. The van der Waals surface area contributed by atoms with Crippen molar-refractivity contribution in [1.29, 1.82) is 0 Å². The summed E-state index contributed by atoms with van der Waals surface area (Å²) in [5.41, 5.74) is 1.40. The quantitative estimate of drug-likeness (QED) is 0.689. The van der Waals surface area contributed by atoms with Gasteiger partial charge in [0.2, 0.25) is 5.91 Å². The largest absolute Gasteiger partial charge is 0.395 e. The highest BCUT2D eigenvalue weighted by Crippen LogP contribution is 2.20. The van der Waals surface area contributed by atoms with Gasteiger partial charge in [-0.25, -0.2) is 0 Å².